The van der Waals surface area contributed by atoms with Crippen LogP contribution in [-0.2, 0) is 0 Å². The maximum atomic E-state index is 12.4. The molecule has 1 amide bonds. The third kappa shape index (κ3) is 2.56. The molecule has 0 radical (unpaired) electrons. The van der Waals surface area contributed by atoms with E-state index in [0.29, 0.717) is 5.41 Å². The molecule has 0 aromatic heterocycles. The van der Waals surface area contributed by atoms with Crippen molar-refractivity contribution in [3.63, 3.8) is 0 Å². The number of carbonyl (C=O) groups excluding carboxylic acids is 1. The van der Waals surface area contributed by atoms with Gasteiger partial charge in [0.05, 0.1) is 0 Å². The summed E-state index contributed by atoms with van der Waals surface area (Å²) >= 11 is 4.29. The van der Waals surface area contributed by atoms with Crippen LogP contribution in [0.3, 0.4) is 0 Å². The number of hydrogen-bond donors (Lipinski definition) is 1. The lowest BCUT2D eigenvalue weighted by atomic mass is 9.82. The standard InChI is InChI=1S/C15H21NOS/c1-3-15(4-2)8-9-16(11-15)14(17)12-6-5-7-13(18)10-12/h5-7,10,18H,3-4,8-9,11H2,1-2H3. The van der Waals surface area contributed by atoms with E-state index in [1.54, 1.807) is 0 Å². The molecule has 2 rings (SSSR count). The lowest BCUT2D eigenvalue weighted by Crippen LogP contribution is -2.31. The summed E-state index contributed by atoms with van der Waals surface area (Å²) in [6.45, 7) is 6.24. The van der Waals surface area contributed by atoms with Gasteiger partial charge in [0.1, 0.15) is 0 Å². The van der Waals surface area contributed by atoms with Crippen molar-refractivity contribution in [1.82, 2.24) is 4.90 Å². The Kier molecular flexibility index (Phi) is 4.00. The minimum absolute atomic E-state index is 0.148. The van der Waals surface area contributed by atoms with Gasteiger partial charge in [-0.3, -0.25) is 4.79 Å². The van der Waals surface area contributed by atoms with Gasteiger partial charge in [-0.25, -0.2) is 0 Å². The third-order valence-corrected chi connectivity index (χ3v) is 4.60. The van der Waals surface area contributed by atoms with Gasteiger partial charge in [0, 0.05) is 23.5 Å². The first-order chi connectivity index (χ1) is 8.60. The molecular weight excluding hydrogens is 242 g/mol. The second-order valence-corrected chi connectivity index (χ2v) is 5.75. The Labute approximate surface area is 115 Å². The second kappa shape index (κ2) is 5.35. The summed E-state index contributed by atoms with van der Waals surface area (Å²) in [5.41, 5.74) is 1.10. The molecule has 0 aliphatic carbocycles. The fraction of sp³-hybridized carbons (Fsp3) is 0.533. The van der Waals surface area contributed by atoms with Gasteiger partial charge in [0.25, 0.3) is 5.91 Å². The molecule has 1 aliphatic heterocycles. The van der Waals surface area contributed by atoms with Gasteiger partial charge in [0.2, 0.25) is 0 Å². The molecule has 18 heavy (non-hydrogen) atoms. The summed E-state index contributed by atoms with van der Waals surface area (Å²) in [6.07, 6.45) is 3.44. The lowest BCUT2D eigenvalue weighted by Gasteiger charge is -2.26. The second-order valence-electron chi connectivity index (χ2n) is 5.23. The first-order valence-corrected chi connectivity index (χ1v) is 7.13. The number of nitrogens with zero attached hydrogens (tertiary/aromatic N) is 1. The minimum atomic E-state index is 0.148. The Morgan fingerprint density at radius 1 is 1.39 bits per heavy atom. The van der Waals surface area contributed by atoms with Gasteiger partial charge in [-0.2, -0.15) is 0 Å². The van der Waals surface area contributed by atoms with Gasteiger partial charge in [0.15, 0.2) is 0 Å². The van der Waals surface area contributed by atoms with E-state index >= 15 is 0 Å². The van der Waals surface area contributed by atoms with E-state index in [1.165, 1.54) is 0 Å². The fourth-order valence-electron chi connectivity index (χ4n) is 2.76. The molecule has 0 atom stereocenters. The smallest absolute Gasteiger partial charge is 0.253 e. The van der Waals surface area contributed by atoms with Gasteiger partial charge in [-0.1, -0.05) is 19.9 Å². The van der Waals surface area contributed by atoms with Crippen LogP contribution in [0.4, 0.5) is 0 Å². The SMILES string of the molecule is CCC1(CC)CCN(C(=O)c2cccc(S)c2)C1. The summed E-state index contributed by atoms with van der Waals surface area (Å²) in [4.78, 5) is 15.3. The molecule has 0 saturated carbocycles. The molecule has 1 saturated heterocycles. The number of likely N-dealkylation sites (tertiary alicyclic amines) is 1. The average Bonchev–Trinajstić information content (AvgIpc) is 2.83. The van der Waals surface area contributed by atoms with Crippen molar-refractivity contribution in [2.75, 3.05) is 13.1 Å². The maximum Gasteiger partial charge on any atom is 0.253 e. The van der Waals surface area contributed by atoms with E-state index in [2.05, 4.69) is 26.5 Å². The van der Waals surface area contributed by atoms with Crippen molar-refractivity contribution < 1.29 is 4.79 Å². The topological polar surface area (TPSA) is 20.3 Å². The zero-order valence-electron chi connectivity index (χ0n) is 11.1. The molecule has 1 aromatic carbocycles. The molecule has 2 nitrogen and oxygen atoms in total. The first-order valence-electron chi connectivity index (χ1n) is 6.68. The van der Waals surface area contributed by atoms with Gasteiger partial charge < -0.3 is 4.90 Å². The van der Waals surface area contributed by atoms with E-state index in [0.717, 1.165) is 42.8 Å². The number of carbonyl (C=O) groups is 1. The summed E-state index contributed by atoms with van der Waals surface area (Å²) in [5.74, 6) is 0.148. The van der Waals surface area contributed by atoms with Gasteiger partial charge >= 0.3 is 0 Å². The van der Waals surface area contributed by atoms with Crippen molar-refractivity contribution >= 4 is 18.5 Å². The van der Waals surface area contributed by atoms with Crippen LogP contribution in [0.2, 0.25) is 0 Å². The highest BCUT2D eigenvalue weighted by Gasteiger charge is 2.37. The van der Waals surface area contributed by atoms with E-state index in [4.69, 9.17) is 0 Å². The molecule has 0 bridgehead atoms. The summed E-state index contributed by atoms with van der Waals surface area (Å²) < 4.78 is 0. The van der Waals surface area contributed by atoms with Crippen molar-refractivity contribution in [2.45, 2.75) is 38.0 Å². The van der Waals surface area contributed by atoms with E-state index in [-0.39, 0.29) is 5.91 Å². The third-order valence-electron chi connectivity index (χ3n) is 4.32. The molecule has 1 fully saturated rings. The number of rotatable bonds is 3. The first kappa shape index (κ1) is 13.5. The molecule has 1 aliphatic rings. The quantitative estimate of drug-likeness (QED) is 0.826. The Hall–Kier alpha value is -0.960. The number of thiol groups is 1. The number of amides is 1. The minimum Gasteiger partial charge on any atom is -0.338 e. The summed E-state index contributed by atoms with van der Waals surface area (Å²) in [7, 11) is 0. The molecule has 0 spiro atoms. The van der Waals surface area contributed by atoms with Crippen LogP contribution in [0.1, 0.15) is 43.5 Å². The maximum absolute atomic E-state index is 12.4. The highest BCUT2D eigenvalue weighted by molar-refractivity contribution is 7.80. The molecule has 1 aromatic rings. The van der Waals surface area contributed by atoms with Crippen LogP contribution in [0, 0.1) is 5.41 Å². The number of benzene rings is 1. The predicted octanol–water partition coefficient (Wildman–Crippen LogP) is 3.63. The molecule has 0 N–H and O–H groups in total. The Morgan fingerprint density at radius 3 is 2.67 bits per heavy atom. The van der Waals surface area contributed by atoms with Crippen LogP contribution in [0.25, 0.3) is 0 Å². The Morgan fingerprint density at radius 2 is 2.11 bits per heavy atom. The largest absolute Gasteiger partial charge is 0.338 e. The van der Waals surface area contributed by atoms with Gasteiger partial charge in [-0.05, 0) is 42.9 Å². The summed E-state index contributed by atoms with van der Waals surface area (Å²) in [6, 6.07) is 7.51. The van der Waals surface area contributed by atoms with Crippen LogP contribution in [0.15, 0.2) is 29.2 Å². The monoisotopic (exact) mass is 263 g/mol. The molecule has 0 unspecified atom stereocenters. The Balaban J connectivity index is 2.12. The van der Waals surface area contributed by atoms with E-state index < -0.39 is 0 Å². The molecule has 98 valence electrons. The average molecular weight is 263 g/mol. The molecule has 1 heterocycles. The van der Waals surface area contributed by atoms with Crippen LogP contribution < -0.4 is 0 Å². The fourth-order valence-corrected chi connectivity index (χ4v) is 2.98. The van der Waals surface area contributed by atoms with Crippen molar-refractivity contribution in [3.05, 3.63) is 29.8 Å². The van der Waals surface area contributed by atoms with Crippen LogP contribution in [0.5, 0.6) is 0 Å². The Bertz CT molecular complexity index is 440. The predicted molar refractivity (Wildman–Crippen MR) is 77.2 cm³/mol. The van der Waals surface area contributed by atoms with Crippen LogP contribution >= 0.6 is 12.6 Å². The van der Waals surface area contributed by atoms with Crippen molar-refractivity contribution in [2.24, 2.45) is 5.41 Å². The normalized spacial score (nSPS) is 18.1. The zero-order valence-corrected chi connectivity index (χ0v) is 12.0. The van der Waals surface area contributed by atoms with Crippen LogP contribution in [-0.4, -0.2) is 23.9 Å². The van der Waals surface area contributed by atoms with E-state index in [1.807, 2.05) is 29.2 Å². The highest BCUT2D eigenvalue weighted by atomic mass is 32.1. The summed E-state index contributed by atoms with van der Waals surface area (Å²) in [5, 5.41) is 0. The zero-order chi connectivity index (χ0) is 13.2. The van der Waals surface area contributed by atoms with Gasteiger partial charge in [-0.15, -0.1) is 12.6 Å². The highest BCUT2D eigenvalue weighted by Crippen LogP contribution is 2.37. The lowest BCUT2D eigenvalue weighted by molar-refractivity contribution is 0.0769. The molecular formula is C15H21NOS. The number of hydrogen-bond acceptors (Lipinski definition) is 2. The van der Waals surface area contributed by atoms with E-state index in [9.17, 15) is 4.79 Å². The molecule has 3 heteroatoms. The van der Waals surface area contributed by atoms with Crippen molar-refractivity contribution in [3.8, 4) is 0 Å². The van der Waals surface area contributed by atoms with Crippen molar-refractivity contribution in [1.29, 1.82) is 0 Å².